The van der Waals surface area contributed by atoms with Crippen molar-refractivity contribution in [3.63, 3.8) is 0 Å². The second kappa shape index (κ2) is 11.4. The Morgan fingerprint density at radius 2 is 1.78 bits per heavy atom. The number of hydrogen-bond acceptors (Lipinski definition) is 6. The molecule has 9 heteroatoms. The van der Waals surface area contributed by atoms with Gasteiger partial charge in [0.1, 0.15) is 11.5 Å². The molecular formula is C27H25ClN4O4. The first kappa shape index (κ1) is 24.8. The Labute approximate surface area is 213 Å². The number of benzene rings is 3. The maximum absolute atomic E-state index is 13.6. The van der Waals surface area contributed by atoms with Crippen molar-refractivity contribution in [3.8, 4) is 22.9 Å². The molecule has 0 aliphatic carbocycles. The Balaban J connectivity index is 1.74. The fraction of sp³-hybridized carbons (Fsp3) is 0.148. The van der Waals surface area contributed by atoms with E-state index >= 15 is 0 Å². The van der Waals surface area contributed by atoms with Crippen LogP contribution in [0.3, 0.4) is 0 Å². The SMILES string of the molecule is CCCNC(=O)c1cccc(Nc2c(Oc3ccc(OC)cc3)cnn(-c3cccc(Cl)c3)c2=O)c1. The predicted molar refractivity (Wildman–Crippen MR) is 140 cm³/mol. The molecule has 4 aromatic rings. The average molecular weight is 505 g/mol. The Morgan fingerprint density at radius 3 is 2.50 bits per heavy atom. The fourth-order valence-electron chi connectivity index (χ4n) is 3.42. The van der Waals surface area contributed by atoms with E-state index < -0.39 is 5.56 Å². The van der Waals surface area contributed by atoms with Gasteiger partial charge in [-0.05, 0) is 67.1 Å². The molecule has 0 saturated carbocycles. The maximum Gasteiger partial charge on any atom is 0.299 e. The number of rotatable bonds is 9. The number of carbonyl (C=O) groups excluding carboxylic acids is 1. The lowest BCUT2D eigenvalue weighted by Gasteiger charge is -2.15. The van der Waals surface area contributed by atoms with Crippen LogP contribution < -0.4 is 25.7 Å². The number of methoxy groups -OCH3 is 1. The molecule has 0 unspecified atom stereocenters. The van der Waals surface area contributed by atoms with E-state index in [-0.39, 0.29) is 17.3 Å². The van der Waals surface area contributed by atoms with E-state index in [2.05, 4.69) is 15.7 Å². The summed E-state index contributed by atoms with van der Waals surface area (Å²) >= 11 is 6.13. The topological polar surface area (TPSA) is 94.5 Å². The number of hydrogen-bond donors (Lipinski definition) is 2. The molecule has 1 amide bonds. The van der Waals surface area contributed by atoms with Gasteiger partial charge >= 0.3 is 0 Å². The lowest BCUT2D eigenvalue weighted by atomic mass is 10.2. The zero-order valence-corrected chi connectivity index (χ0v) is 20.6. The molecule has 0 atom stereocenters. The number of carbonyl (C=O) groups is 1. The molecule has 36 heavy (non-hydrogen) atoms. The summed E-state index contributed by atoms with van der Waals surface area (Å²) in [6.07, 6.45) is 2.28. The number of nitrogens with zero attached hydrogens (tertiary/aromatic N) is 2. The van der Waals surface area contributed by atoms with Crippen molar-refractivity contribution >= 4 is 28.9 Å². The molecule has 0 fully saturated rings. The van der Waals surface area contributed by atoms with E-state index in [0.29, 0.717) is 40.0 Å². The summed E-state index contributed by atoms with van der Waals surface area (Å²) in [5.74, 6) is 1.19. The van der Waals surface area contributed by atoms with Crippen molar-refractivity contribution in [2.45, 2.75) is 13.3 Å². The van der Waals surface area contributed by atoms with Gasteiger partial charge < -0.3 is 20.1 Å². The van der Waals surface area contributed by atoms with E-state index in [1.165, 1.54) is 10.9 Å². The third kappa shape index (κ3) is 5.84. The smallest absolute Gasteiger partial charge is 0.299 e. The molecule has 0 spiro atoms. The van der Waals surface area contributed by atoms with Gasteiger partial charge in [0.05, 0.1) is 19.0 Å². The van der Waals surface area contributed by atoms with Gasteiger partial charge in [-0.1, -0.05) is 30.7 Å². The van der Waals surface area contributed by atoms with Crippen molar-refractivity contribution in [1.82, 2.24) is 15.1 Å². The van der Waals surface area contributed by atoms with Gasteiger partial charge in [-0.2, -0.15) is 9.78 Å². The summed E-state index contributed by atoms with van der Waals surface area (Å²) in [5.41, 5.74) is 1.20. The van der Waals surface area contributed by atoms with Gasteiger partial charge in [0.25, 0.3) is 11.5 Å². The highest BCUT2D eigenvalue weighted by molar-refractivity contribution is 6.30. The number of halogens is 1. The highest BCUT2D eigenvalue weighted by atomic mass is 35.5. The minimum atomic E-state index is -0.455. The van der Waals surface area contributed by atoms with Crippen LogP contribution in [0, 0.1) is 0 Å². The Morgan fingerprint density at radius 1 is 1.03 bits per heavy atom. The van der Waals surface area contributed by atoms with Crippen molar-refractivity contribution < 1.29 is 14.3 Å². The first-order chi connectivity index (χ1) is 17.5. The van der Waals surface area contributed by atoms with E-state index in [1.54, 1.807) is 79.9 Å². The Bertz CT molecular complexity index is 1420. The van der Waals surface area contributed by atoms with Crippen LogP contribution in [0.15, 0.2) is 83.8 Å². The van der Waals surface area contributed by atoms with Gasteiger partial charge in [-0.15, -0.1) is 0 Å². The lowest BCUT2D eigenvalue weighted by molar-refractivity contribution is 0.0953. The largest absolute Gasteiger partial charge is 0.497 e. The summed E-state index contributed by atoms with van der Waals surface area (Å²) in [7, 11) is 1.58. The van der Waals surface area contributed by atoms with Crippen LogP contribution in [0.1, 0.15) is 23.7 Å². The monoisotopic (exact) mass is 504 g/mol. The average Bonchev–Trinajstić information content (AvgIpc) is 2.90. The molecular weight excluding hydrogens is 480 g/mol. The van der Waals surface area contributed by atoms with E-state index in [0.717, 1.165) is 6.42 Å². The molecule has 0 radical (unpaired) electrons. The molecule has 0 saturated heterocycles. The Kier molecular flexibility index (Phi) is 7.87. The number of anilines is 2. The molecule has 184 valence electrons. The van der Waals surface area contributed by atoms with Crippen LogP contribution in [-0.4, -0.2) is 29.3 Å². The van der Waals surface area contributed by atoms with Crippen molar-refractivity contribution in [2.75, 3.05) is 19.0 Å². The first-order valence-corrected chi connectivity index (χ1v) is 11.7. The molecule has 0 aliphatic rings. The van der Waals surface area contributed by atoms with Crippen molar-refractivity contribution in [1.29, 1.82) is 0 Å². The van der Waals surface area contributed by atoms with Crippen LogP contribution in [0.5, 0.6) is 17.2 Å². The van der Waals surface area contributed by atoms with Crippen LogP contribution in [0.2, 0.25) is 5.02 Å². The highest BCUT2D eigenvalue weighted by Gasteiger charge is 2.16. The number of amides is 1. The first-order valence-electron chi connectivity index (χ1n) is 11.3. The molecule has 1 aromatic heterocycles. The summed E-state index contributed by atoms with van der Waals surface area (Å²) < 4.78 is 12.4. The fourth-order valence-corrected chi connectivity index (χ4v) is 3.60. The van der Waals surface area contributed by atoms with E-state index in [1.807, 2.05) is 6.92 Å². The summed E-state index contributed by atoms with van der Waals surface area (Å²) in [5, 5.41) is 10.7. The van der Waals surface area contributed by atoms with Crippen LogP contribution in [0.4, 0.5) is 11.4 Å². The third-order valence-corrected chi connectivity index (χ3v) is 5.45. The minimum absolute atomic E-state index is 0.145. The number of aromatic nitrogens is 2. The standard InChI is InChI=1S/C27H25ClN4O4/c1-3-14-29-26(33)18-6-4-8-20(15-18)31-25-24(36-23-12-10-22(35-2)11-13-23)17-30-32(27(25)34)21-9-5-7-19(28)16-21/h4-13,15-17,31H,3,14H2,1-2H3,(H,29,33). The van der Waals surface area contributed by atoms with Crippen molar-refractivity contribution in [3.05, 3.63) is 99.9 Å². The number of ether oxygens (including phenoxy) is 2. The molecule has 8 nitrogen and oxygen atoms in total. The van der Waals surface area contributed by atoms with Gasteiger partial charge in [0, 0.05) is 22.8 Å². The third-order valence-electron chi connectivity index (χ3n) is 5.21. The highest BCUT2D eigenvalue weighted by Crippen LogP contribution is 2.30. The predicted octanol–water partition coefficient (Wildman–Crippen LogP) is 5.57. The lowest BCUT2D eigenvalue weighted by Crippen LogP contribution is -2.25. The van der Waals surface area contributed by atoms with Gasteiger partial charge in [-0.25, -0.2) is 0 Å². The second-order valence-corrected chi connectivity index (χ2v) is 8.26. The Hall–Kier alpha value is -4.30. The normalized spacial score (nSPS) is 10.5. The number of nitrogens with one attached hydrogen (secondary N) is 2. The quantitative estimate of drug-likeness (QED) is 0.309. The van der Waals surface area contributed by atoms with Crippen molar-refractivity contribution in [2.24, 2.45) is 0 Å². The molecule has 4 rings (SSSR count). The minimum Gasteiger partial charge on any atom is -0.497 e. The zero-order chi connectivity index (χ0) is 25.5. The zero-order valence-electron chi connectivity index (χ0n) is 19.8. The van der Waals surface area contributed by atoms with Gasteiger partial charge in [0.15, 0.2) is 11.4 Å². The van der Waals surface area contributed by atoms with E-state index in [9.17, 15) is 9.59 Å². The van der Waals surface area contributed by atoms with Crippen LogP contribution >= 0.6 is 11.6 Å². The van der Waals surface area contributed by atoms with Crippen LogP contribution in [0.25, 0.3) is 5.69 Å². The van der Waals surface area contributed by atoms with Crippen LogP contribution in [-0.2, 0) is 0 Å². The second-order valence-electron chi connectivity index (χ2n) is 7.82. The van der Waals surface area contributed by atoms with E-state index in [4.69, 9.17) is 21.1 Å². The van der Waals surface area contributed by atoms with Gasteiger partial charge in [0.2, 0.25) is 0 Å². The maximum atomic E-state index is 13.6. The summed E-state index contributed by atoms with van der Waals surface area (Å²) in [6, 6.07) is 20.7. The molecule has 0 bridgehead atoms. The van der Waals surface area contributed by atoms with Gasteiger partial charge in [-0.3, -0.25) is 9.59 Å². The molecule has 1 heterocycles. The molecule has 0 aliphatic heterocycles. The summed E-state index contributed by atoms with van der Waals surface area (Å²) in [6.45, 7) is 2.56. The molecule has 2 N–H and O–H groups in total. The summed E-state index contributed by atoms with van der Waals surface area (Å²) in [4.78, 5) is 26.0. The molecule has 3 aromatic carbocycles.